The number of morpholine rings is 1. The molecule has 3 rings (SSSR count). The summed E-state index contributed by atoms with van der Waals surface area (Å²) in [5.41, 5.74) is 6.26. The number of ether oxygens (including phenoxy) is 1. The molecule has 148 valence electrons. The van der Waals surface area contributed by atoms with Crippen molar-refractivity contribution in [2.45, 2.75) is 12.6 Å². The summed E-state index contributed by atoms with van der Waals surface area (Å²) in [6.07, 6.45) is -0.984. The maximum atomic E-state index is 12.7. The highest BCUT2D eigenvalue weighted by atomic mass is 19.4. The summed E-state index contributed by atoms with van der Waals surface area (Å²) in [6, 6.07) is 8.31. The van der Waals surface area contributed by atoms with Gasteiger partial charge in [0.05, 0.1) is 18.8 Å². The van der Waals surface area contributed by atoms with Crippen molar-refractivity contribution < 1.29 is 22.7 Å². The highest BCUT2D eigenvalue weighted by Crippen LogP contribution is 2.29. The molecule has 8 heteroatoms. The third-order valence-corrected chi connectivity index (χ3v) is 4.43. The zero-order valence-electron chi connectivity index (χ0n) is 15.1. The molecule has 0 spiro atoms. The van der Waals surface area contributed by atoms with Crippen LogP contribution in [0.5, 0.6) is 0 Å². The number of alkyl halides is 3. The van der Waals surface area contributed by atoms with Gasteiger partial charge >= 0.3 is 6.18 Å². The number of nitrogens with two attached hydrogens (primary N) is 1. The fourth-order valence-electron chi connectivity index (χ4n) is 2.90. The lowest BCUT2D eigenvalue weighted by molar-refractivity contribution is -0.137. The molecule has 0 atom stereocenters. The molecule has 1 amide bonds. The van der Waals surface area contributed by atoms with E-state index in [4.69, 9.17) is 10.5 Å². The van der Waals surface area contributed by atoms with Crippen molar-refractivity contribution >= 4 is 17.8 Å². The van der Waals surface area contributed by atoms with Gasteiger partial charge in [0.2, 0.25) is 5.91 Å². The van der Waals surface area contributed by atoms with Crippen molar-refractivity contribution in [3.8, 4) is 0 Å². The Labute approximate surface area is 160 Å². The molecule has 0 bridgehead atoms. The van der Waals surface area contributed by atoms with E-state index >= 15 is 0 Å². The number of aromatic nitrogens is 1. The molecule has 2 aromatic rings. The minimum Gasteiger partial charge on any atom is -0.378 e. The van der Waals surface area contributed by atoms with Gasteiger partial charge in [-0.1, -0.05) is 18.2 Å². The van der Waals surface area contributed by atoms with Crippen LogP contribution in [0, 0.1) is 0 Å². The van der Waals surface area contributed by atoms with Crippen molar-refractivity contribution in [1.82, 2.24) is 4.98 Å². The van der Waals surface area contributed by atoms with E-state index in [2.05, 4.69) is 9.88 Å². The lowest BCUT2D eigenvalue weighted by Gasteiger charge is -2.27. The monoisotopic (exact) mass is 391 g/mol. The molecule has 1 saturated heterocycles. The van der Waals surface area contributed by atoms with E-state index < -0.39 is 17.6 Å². The quantitative estimate of drug-likeness (QED) is 0.796. The van der Waals surface area contributed by atoms with Crippen LogP contribution in [0.4, 0.5) is 19.0 Å². The Balaban J connectivity index is 1.74. The number of rotatable bonds is 5. The summed E-state index contributed by atoms with van der Waals surface area (Å²) >= 11 is 0. The topological polar surface area (TPSA) is 68.5 Å². The number of anilines is 1. The minimum atomic E-state index is -4.40. The number of halogens is 3. The predicted octanol–water partition coefficient (Wildman–Crippen LogP) is 3.05. The lowest BCUT2D eigenvalue weighted by atomic mass is 10.0. The average molecular weight is 391 g/mol. The highest BCUT2D eigenvalue weighted by molar-refractivity contribution is 5.97. The van der Waals surface area contributed by atoms with E-state index in [-0.39, 0.29) is 6.42 Å². The lowest BCUT2D eigenvalue weighted by Crippen LogP contribution is -2.36. The van der Waals surface area contributed by atoms with Crippen LogP contribution in [0.3, 0.4) is 0 Å². The Bertz CT molecular complexity index is 840. The summed E-state index contributed by atoms with van der Waals surface area (Å²) in [5, 5.41) is 0. The van der Waals surface area contributed by atoms with E-state index in [1.54, 1.807) is 6.20 Å². The molecule has 1 aliphatic heterocycles. The van der Waals surface area contributed by atoms with Crippen LogP contribution >= 0.6 is 0 Å². The van der Waals surface area contributed by atoms with Crippen molar-refractivity contribution in [3.63, 3.8) is 0 Å². The van der Waals surface area contributed by atoms with Gasteiger partial charge in [0.1, 0.15) is 5.82 Å². The van der Waals surface area contributed by atoms with Gasteiger partial charge in [-0.25, -0.2) is 4.98 Å². The second-order valence-electron chi connectivity index (χ2n) is 6.45. The van der Waals surface area contributed by atoms with Gasteiger partial charge in [-0.2, -0.15) is 13.2 Å². The Hall–Kier alpha value is -2.87. The number of hydrogen-bond donors (Lipinski definition) is 1. The number of carbonyl (C=O) groups excluding carboxylic acids is 1. The van der Waals surface area contributed by atoms with E-state index in [9.17, 15) is 18.0 Å². The summed E-state index contributed by atoms with van der Waals surface area (Å²) in [4.78, 5) is 18.3. The van der Waals surface area contributed by atoms with Crippen LogP contribution < -0.4 is 10.6 Å². The molecule has 2 N–H and O–H groups in total. The van der Waals surface area contributed by atoms with Gasteiger partial charge in [0.25, 0.3) is 0 Å². The van der Waals surface area contributed by atoms with E-state index in [1.807, 2.05) is 12.1 Å². The van der Waals surface area contributed by atoms with Gasteiger partial charge < -0.3 is 15.4 Å². The number of nitrogens with zero attached hydrogens (tertiary/aromatic N) is 2. The Morgan fingerprint density at radius 2 is 1.82 bits per heavy atom. The number of pyridine rings is 1. The zero-order chi connectivity index (χ0) is 20.1. The number of amides is 1. The van der Waals surface area contributed by atoms with Gasteiger partial charge in [-0.15, -0.1) is 0 Å². The SMILES string of the molecule is NC(=O)C(=Cc1ccc(C(F)(F)F)cc1)Cc1ccc(N2CCOCC2)nc1. The number of carbonyl (C=O) groups is 1. The van der Waals surface area contributed by atoms with E-state index in [0.29, 0.717) is 24.4 Å². The van der Waals surface area contributed by atoms with Crippen LogP contribution in [0.1, 0.15) is 16.7 Å². The summed E-state index contributed by atoms with van der Waals surface area (Å²) < 4.78 is 43.3. The average Bonchev–Trinajstić information content (AvgIpc) is 2.68. The van der Waals surface area contributed by atoms with E-state index in [1.165, 1.54) is 18.2 Å². The first-order valence-electron chi connectivity index (χ1n) is 8.78. The molecule has 0 aliphatic carbocycles. The number of benzene rings is 1. The molecule has 5 nitrogen and oxygen atoms in total. The second-order valence-corrected chi connectivity index (χ2v) is 6.45. The van der Waals surface area contributed by atoms with Gasteiger partial charge in [0, 0.05) is 31.3 Å². The van der Waals surface area contributed by atoms with Crippen molar-refractivity contribution in [3.05, 3.63) is 64.9 Å². The Morgan fingerprint density at radius 1 is 1.14 bits per heavy atom. The van der Waals surface area contributed by atoms with Crippen molar-refractivity contribution in [1.29, 1.82) is 0 Å². The Morgan fingerprint density at radius 3 is 2.36 bits per heavy atom. The molecule has 1 aromatic carbocycles. The fraction of sp³-hybridized carbons (Fsp3) is 0.300. The first-order chi connectivity index (χ1) is 13.3. The normalized spacial score (nSPS) is 15.5. The van der Waals surface area contributed by atoms with Gasteiger partial charge in [-0.05, 0) is 35.4 Å². The number of primary amides is 1. The molecule has 0 saturated carbocycles. The molecular weight excluding hydrogens is 371 g/mol. The zero-order valence-corrected chi connectivity index (χ0v) is 15.1. The minimum absolute atomic E-state index is 0.243. The van der Waals surface area contributed by atoms with E-state index in [0.717, 1.165) is 36.6 Å². The fourth-order valence-corrected chi connectivity index (χ4v) is 2.90. The molecule has 1 aliphatic rings. The molecule has 2 heterocycles. The summed E-state index contributed by atoms with van der Waals surface area (Å²) in [5.74, 6) is 0.205. The Kier molecular flexibility index (Phi) is 5.99. The summed E-state index contributed by atoms with van der Waals surface area (Å²) in [7, 11) is 0. The maximum absolute atomic E-state index is 12.7. The van der Waals surface area contributed by atoms with Crippen LogP contribution in [0.15, 0.2) is 48.2 Å². The van der Waals surface area contributed by atoms with Crippen LogP contribution in [0.25, 0.3) is 6.08 Å². The van der Waals surface area contributed by atoms with Crippen LogP contribution in [-0.4, -0.2) is 37.2 Å². The smallest absolute Gasteiger partial charge is 0.378 e. The van der Waals surface area contributed by atoms with Gasteiger partial charge in [0.15, 0.2) is 0 Å². The first-order valence-corrected chi connectivity index (χ1v) is 8.78. The standard InChI is InChI=1S/C20H20F3N3O2/c21-20(22,23)17-4-1-14(2-5-17)11-16(19(24)27)12-15-3-6-18(25-13-15)26-7-9-28-10-8-26/h1-6,11,13H,7-10,12H2,(H2,24,27). The molecule has 28 heavy (non-hydrogen) atoms. The van der Waals surface area contributed by atoms with Gasteiger partial charge in [-0.3, -0.25) is 4.79 Å². The molecule has 0 radical (unpaired) electrons. The van der Waals surface area contributed by atoms with Crippen LogP contribution in [-0.2, 0) is 22.1 Å². The van der Waals surface area contributed by atoms with Crippen molar-refractivity contribution in [2.24, 2.45) is 5.73 Å². The summed E-state index contributed by atoms with van der Waals surface area (Å²) in [6.45, 7) is 2.86. The number of hydrogen-bond acceptors (Lipinski definition) is 4. The molecular formula is C20H20F3N3O2. The van der Waals surface area contributed by atoms with Crippen LogP contribution in [0.2, 0.25) is 0 Å². The maximum Gasteiger partial charge on any atom is 0.416 e. The third kappa shape index (κ3) is 5.10. The largest absolute Gasteiger partial charge is 0.416 e. The second kappa shape index (κ2) is 8.43. The predicted molar refractivity (Wildman–Crippen MR) is 99.6 cm³/mol. The first kappa shape index (κ1) is 19.9. The third-order valence-electron chi connectivity index (χ3n) is 4.43. The molecule has 1 aromatic heterocycles. The highest BCUT2D eigenvalue weighted by Gasteiger charge is 2.29. The molecule has 1 fully saturated rings. The van der Waals surface area contributed by atoms with Crippen molar-refractivity contribution in [2.75, 3.05) is 31.2 Å². The molecule has 0 unspecified atom stereocenters.